The topological polar surface area (TPSA) is 0 Å². The highest BCUT2D eigenvalue weighted by Gasteiger charge is 2.36. The molecule has 0 N–H and O–H groups in total. The molecule has 138 valence electrons. The first kappa shape index (κ1) is 18.0. The Morgan fingerprint density at radius 1 is 0.741 bits per heavy atom. The molecule has 0 heteroatoms. The van der Waals surface area contributed by atoms with Crippen molar-refractivity contribution in [1.29, 1.82) is 0 Å². The first-order valence-electron chi connectivity index (χ1n) is 10.4. The fourth-order valence-electron chi connectivity index (χ4n) is 5.06. The van der Waals surface area contributed by atoms with Crippen molar-refractivity contribution in [3.63, 3.8) is 0 Å². The first-order valence-corrected chi connectivity index (χ1v) is 10.4. The molecule has 3 aromatic carbocycles. The maximum atomic E-state index is 2.50. The molecule has 0 nitrogen and oxygen atoms in total. The lowest BCUT2D eigenvalue weighted by molar-refractivity contribution is 0.308. The zero-order chi connectivity index (χ0) is 19.0. The smallest absolute Gasteiger partial charge is 0.0133 e. The molecular weight excluding hydrogens is 324 g/mol. The third-order valence-corrected chi connectivity index (χ3v) is 6.68. The van der Waals surface area contributed by atoms with E-state index in [1.165, 1.54) is 51.8 Å². The van der Waals surface area contributed by atoms with Gasteiger partial charge in [0, 0.05) is 5.92 Å². The molecule has 0 radical (unpaired) electrons. The van der Waals surface area contributed by atoms with Gasteiger partial charge in [-0.05, 0) is 63.8 Å². The second-order valence-electron chi connectivity index (χ2n) is 8.14. The van der Waals surface area contributed by atoms with Gasteiger partial charge in [-0.15, -0.1) is 0 Å². The molecule has 0 amide bonds. The Morgan fingerprint density at radius 3 is 2.15 bits per heavy atom. The fraction of sp³-hybridized carbons (Fsp3) is 0.333. The summed E-state index contributed by atoms with van der Waals surface area (Å²) in [6.45, 7) is 9.38. The average Bonchev–Trinajstić information content (AvgIpc) is 3.02. The standard InChI is InChI=1S/C27H30/c1-5-18(3)21(6-2)27-23-15-11-10-14-22(23)25-16-19(4)24(17-26(25)27)20-12-8-7-9-13-20/h7-18,21,27H,5-6H2,1-4H3. The summed E-state index contributed by atoms with van der Waals surface area (Å²) in [5.41, 5.74) is 10.0. The van der Waals surface area contributed by atoms with Crippen LogP contribution in [0.15, 0.2) is 66.7 Å². The average molecular weight is 355 g/mol. The van der Waals surface area contributed by atoms with Crippen molar-refractivity contribution in [2.45, 2.75) is 46.5 Å². The molecule has 3 unspecified atom stereocenters. The van der Waals surface area contributed by atoms with Crippen LogP contribution in [0.3, 0.4) is 0 Å². The van der Waals surface area contributed by atoms with E-state index in [1.54, 1.807) is 0 Å². The van der Waals surface area contributed by atoms with Crippen LogP contribution in [0, 0.1) is 18.8 Å². The van der Waals surface area contributed by atoms with Crippen LogP contribution in [0.1, 0.15) is 56.2 Å². The second kappa shape index (κ2) is 7.35. The van der Waals surface area contributed by atoms with Gasteiger partial charge in [-0.25, -0.2) is 0 Å². The van der Waals surface area contributed by atoms with Gasteiger partial charge in [0.2, 0.25) is 0 Å². The number of hydrogen-bond acceptors (Lipinski definition) is 0. The van der Waals surface area contributed by atoms with Crippen molar-refractivity contribution in [2.24, 2.45) is 11.8 Å². The van der Waals surface area contributed by atoms with Crippen molar-refractivity contribution < 1.29 is 0 Å². The molecule has 1 aliphatic rings. The molecule has 0 bridgehead atoms. The van der Waals surface area contributed by atoms with Crippen LogP contribution in [0.25, 0.3) is 22.3 Å². The van der Waals surface area contributed by atoms with Crippen LogP contribution < -0.4 is 0 Å². The van der Waals surface area contributed by atoms with E-state index in [9.17, 15) is 0 Å². The minimum atomic E-state index is 0.513. The molecule has 0 aliphatic heterocycles. The maximum absolute atomic E-state index is 2.50. The van der Waals surface area contributed by atoms with Crippen molar-refractivity contribution in [3.8, 4) is 22.3 Å². The van der Waals surface area contributed by atoms with Gasteiger partial charge in [-0.3, -0.25) is 0 Å². The quantitative estimate of drug-likeness (QED) is 0.437. The van der Waals surface area contributed by atoms with Gasteiger partial charge >= 0.3 is 0 Å². The Hall–Kier alpha value is -2.34. The molecule has 1 aliphatic carbocycles. The maximum Gasteiger partial charge on any atom is 0.0133 e. The minimum absolute atomic E-state index is 0.513. The lowest BCUT2D eigenvalue weighted by atomic mass is 9.74. The molecule has 4 rings (SSSR count). The number of hydrogen-bond donors (Lipinski definition) is 0. The predicted molar refractivity (Wildman–Crippen MR) is 117 cm³/mol. The number of rotatable bonds is 5. The van der Waals surface area contributed by atoms with Crippen LogP contribution in [0.4, 0.5) is 0 Å². The summed E-state index contributed by atoms with van der Waals surface area (Å²) < 4.78 is 0. The molecule has 27 heavy (non-hydrogen) atoms. The highest BCUT2D eigenvalue weighted by Crippen LogP contribution is 2.52. The van der Waals surface area contributed by atoms with Crippen LogP contribution in [-0.4, -0.2) is 0 Å². The van der Waals surface area contributed by atoms with Crippen LogP contribution in [-0.2, 0) is 0 Å². The van der Waals surface area contributed by atoms with Crippen LogP contribution in [0.5, 0.6) is 0 Å². The van der Waals surface area contributed by atoms with Crippen molar-refractivity contribution >= 4 is 0 Å². The number of fused-ring (bicyclic) bond motifs is 3. The van der Waals surface area contributed by atoms with E-state index in [0.29, 0.717) is 11.8 Å². The van der Waals surface area contributed by atoms with Gasteiger partial charge < -0.3 is 0 Å². The summed E-state index contributed by atoms with van der Waals surface area (Å²) in [7, 11) is 0. The predicted octanol–water partition coefficient (Wildman–Crippen LogP) is 7.85. The molecule has 0 aromatic heterocycles. The van der Waals surface area contributed by atoms with Crippen molar-refractivity contribution in [3.05, 3.63) is 83.4 Å². The number of benzene rings is 3. The van der Waals surface area contributed by atoms with Gasteiger partial charge in [0.05, 0.1) is 0 Å². The lowest BCUT2D eigenvalue weighted by Gasteiger charge is -2.30. The van der Waals surface area contributed by atoms with Gasteiger partial charge in [0.15, 0.2) is 0 Å². The van der Waals surface area contributed by atoms with E-state index in [-0.39, 0.29) is 0 Å². The molecule has 0 spiro atoms. The Morgan fingerprint density at radius 2 is 1.44 bits per heavy atom. The summed E-state index contributed by atoms with van der Waals surface area (Å²) >= 11 is 0. The highest BCUT2D eigenvalue weighted by atomic mass is 14.4. The van der Waals surface area contributed by atoms with Gasteiger partial charge in [0.25, 0.3) is 0 Å². The summed E-state index contributed by atoms with van der Waals surface area (Å²) in [6.07, 6.45) is 2.46. The second-order valence-corrected chi connectivity index (χ2v) is 8.14. The summed E-state index contributed by atoms with van der Waals surface area (Å²) in [4.78, 5) is 0. The Kier molecular flexibility index (Phi) is 4.91. The normalized spacial score (nSPS) is 17.3. The molecule has 3 atom stereocenters. The lowest BCUT2D eigenvalue weighted by Crippen LogP contribution is -2.19. The minimum Gasteiger partial charge on any atom is -0.0651 e. The van der Waals surface area contributed by atoms with E-state index in [0.717, 1.165) is 5.92 Å². The monoisotopic (exact) mass is 354 g/mol. The number of aryl methyl sites for hydroxylation is 1. The molecule has 0 fully saturated rings. The summed E-state index contributed by atoms with van der Waals surface area (Å²) in [6, 6.07) is 24.9. The van der Waals surface area contributed by atoms with E-state index in [2.05, 4.69) is 94.4 Å². The van der Waals surface area contributed by atoms with E-state index in [1.807, 2.05) is 0 Å². The molecule has 0 heterocycles. The summed E-state index contributed by atoms with van der Waals surface area (Å²) in [5.74, 6) is 1.92. The van der Waals surface area contributed by atoms with E-state index < -0.39 is 0 Å². The largest absolute Gasteiger partial charge is 0.0651 e. The highest BCUT2D eigenvalue weighted by molar-refractivity contribution is 5.83. The molecule has 0 saturated heterocycles. The van der Waals surface area contributed by atoms with Gasteiger partial charge in [0.1, 0.15) is 0 Å². The molecular formula is C27H30. The zero-order valence-electron chi connectivity index (χ0n) is 17.0. The van der Waals surface area contributed by atoms with Gasteiger partial charge in [-0.1, -0.05) is 94.3 Å². The summed E-state index contributed by atoms with van der Waals surface area (Å²) in [5, 5.41) is 0. The first-order chi connectivity index (χ1) is 13.2. The third-order valence-electron chi connectivity index (χ3n) is 6.68. The Labute approximate surface area is 164 Å². The fourth-order valence-corrected chi connectivity index (χ4v) is 5.06. The molecule has 3 aromatic rings. The molecule has 0 saturated carbocycles. The van der Waals surface area contributed by atoms with Crippen LogP contribution >= 0.6 is 0 Å². The third kappa shape index (κ3) is 3.02. The van der Waals surface area contributed by atoms with E-state index >= 15 is 0 Å². The zero-order valence-corrected chi connectivity index (χ0v) is 17.0. The Bertz CT molecular complexity index is 936. The van der Waals surface area contributed by atoms with E-state index in [4.69, 9.17) is 0 Å². The Balaban J connectivity index is 1.93. The van der Waals surface area contributed by atoms with Crippen LogP contribution in [0.2, 0.25) is 0 Å². The van der Waals surface area contributed by atoms with Crippen molar-refractivity contribution in [2.75, 3.05) is 0 Å². The van der Waals surface area contributed by atoms with Gasteiger partial charge in [-0.2, -0.15) is 0 Å². The SMILES string of the molecule is CCC(C)C(CC)C1c2ccccc2-c2cc(C)c(-c3ccccc3)cc21. The van der Waals surface area contributed by atoms with Crippen molar-refractivity contribution in [1.82, 2.24) is 0 Å².